The van der Waals surface area contributed by atoms with Gasteiger partial charge in [-0.3, -0.25) is 0 Å². The highest BCUT2D eigenvalue weighted by atomic mass is 79.9. The minimum absolute atomic E-state index is 0.0321. The Labute approximate surface area is 124 Å². The molecule has 10 heteroatoms. The molecule has 1 heterocycles. The second kappa shape index (κ2) is 5.85. The highest BCUT2D eigenvalue weighted by Gasteiger charge is 2.24. The Kier molecular flexibility index (Phi) is 4.35. The van der Waals surface area contributed by atoms with E-state index < -0.39 is 16.1 Å². The first kappa shape index (κ1) is 14.9. The van der Waals surface area contributed by atoms with E-state index >= 15 is 0 Å². The molecule has 0 bridgehead atoms. The number of nitrogens with one attached hydrogen (secondary N) is 2. The number of nitrogens with zero attached hydrogens (tertiary/aromatic N) is 3. The van der Waals surface area contributed by atoms with Crippen molar-refractivity contribution in [1.29, 1.82) is 0 Å². The zero-order valence-corrected chi connectivity index (χ0v) is 13.1. The maximum absolute atomic E-state index is 12.4. The molecule has 1 aromatic heterocycles. The minimum Gasteiger partial charge on any atom is -0.495 e. The number of H-pyrrole nitrogens is 1. The van der Waals surface area contributed by atoms with Crippen LogP contribution >= 0.6 is 15.9 Å². The van der Waals surface area contributed by atoms with Gasteiger partial charge in [0.25, 0.3) is 0 Å². The predicted molar refractivity (Wildman–Crippen MR) is 73.6 cm³/mol. The fourth-order valence-corrected chi connectivity index (χ4v) is 3.47. The summed E-state index contributed by atoms with van der Waals surface area (Å²) in [5.41, 5.74) is 0. The van der Waals surface area contributed by atoms with Gasteiger partial charge in [0, 0.05) is 4.47 Å². The molecule has 0 radical (unpaired) electrons. The monoisotopic (exact) mass is 361 g/mol. The zero-order chi connectivity index (χ0) is 14.8. The minimum atomic E-state index is -3.78. The summed E-state index contributed by atoms with van der Waals surface area (Å²) in [6.45, 7) is 1.62. The summed E-state index contributed by atoms with van der Waals surface area (Å²) in [6.07, 6.45) is 0. The molecule has 1 atom stereocenters. The van der Waals surface area contributed by atoms with Gasteiger partial charge >= 0.3 is 0 Å². The summed E-state index contributed by atoms with van der Waals surface area (Å²) in [6, 6.07) is 4.10. The summed E-state index contributed by atoms with van der Waals surface area (Å²) in [5.74, 6) is 0.503. The van der Waals surface area contributed by atoms with E-state index in [2.05, 4.69) is 41.3 Å². The number of ether oxygens (including phenoxy) is 1. The summed E-state index contributed by atoms with van der Waals surface area (Å²) in [7, 11) is -2.37. The number of aromatic nitrogens is 4. The molecule has 1 aromatic carbocycles. The Bertz CT molecular complexity index is 689. The van der Waals surface area contributed by atoms with Crippen molar-refractivity contribution in [2.75, 3.05) is 7.11 Å². The van der Waals surface area contributed by atoms with Crippen molar-refractivity contribution in [2.24, 2.45) is 0 Å². The van der Waals surface area contributed by atoms with Gasteiger partial charge in [-0.15, -0.1) is 10.2 Å². The molecule has 20 heavy (non-hydrogen) atoms. The number of tetrazole rings is 1. The van der Waals surface area contributed by atoms with Crippen LogP contribution in [0.5, 0.6) is 5.75 Å². The van der Waals surface area contributed by atoms with Gasteiger partial charge in [-0.05, 0) is 25.1 Å². The Hall–Kier alpha value is -1.52. The Morgan fingerprint density at radius 3 is 2.80 bits per heavy atom. The summed E-state index contributed by atoms with van der Waals surface area (Å²) < 4.78 is 32.9. The van der Waals surface area contributed by atoms with Crippen LogP contribution in [0, 0.1) is 0 Å². The van der Waals surface area contributed by atoms with Crippen molar-refractivity contribution in [3.05, 3.63) is 28.5 Å². The van der Waals surface area contributed by atoms with Crippen LogP contribution < -0.4 is 9.46 Å². The van der Waals surface area contributed by atoms with E-state index in [9.17, 15) is 8.42 Å². The number of methoxy groups -OCH3 is 1. The quantitative estimate of drug-likeness (QED) is 0.822. The normalized spacial score (nSPS) is 13.2. The lowest BCUT2D eigenvalue weighted by Crippen LogP contribution is -2.28. The molecule has 0 aliphatic carbocycles. The van der Waals surface area contributed by atoms with E-state index in [1.807, 2.05) is 0 Å². The molecule has 0 fully saturated rings. The molecule has 8 nitrogen and oxygen atoms in total. The number of benzene rings is 1. The molecule has 0 spiro atoms. The van der Waals surface area contributed by atoms with E-state index in [1.165, 1.54) is 13.2 Å². The third kappa shape index (κ3) is 3.14. The molecule has 2 rings (SSSR count). The maximum Gasteiger partial charge on any atom is 0.244 e. The number of rotatable bonds is 5. The third-order valence-corrected chi connectivity index (χ3v) is 4.55. The number of sulfonamides is 1. The first-order valence-electron chi connectivity index (χ1n) is 5.53. The van der Waals surface area contributed by atoms with E-state index in [1.54, 1.807) is 19.1 Å². The van der Waals surface area contributed by atoms with Crippen LogP contribution in [-0.2, 0) is 10.0 Å². The number of halogens is 1. The van der Waals surface area contributed by atoms with Gasteiger partial charge in [-0.1, -0.05) is 21.1 Å². The summed E-state index contributed by atoms with van der Waals surface area (Å²) >= 11 is 3.24. The van der Waals surface area contributed by atoms with Crippen molar-refractivity contribution < 1.29 is 13.2 Å². The van der Waals surface area contributed by atoms with Gasteiger partial charge in [0.15, 0.2) is 5.82 Å². The predicted octanol–water partition coefficient (Wildman–Crippen LogP) is 1.01. The lowest BCUT2D eigenvalue weighted by atomic mass is 10.3. The second-order valence-electron chi connectivity index (χ2n) is 3.91. The molecular weight excluding hydrogens is 350 g/mol. The molecule has 1 unspecified atom stereocenters. The molecular formula is C10H12BrN5O3S. The van der Waals surface area contributed by atoms with Crippen LogP contribution in [0.15, 0.2) is 27.6 Å². The maximum atomic E-state index is 12.4. The van der Waals surface area contributed by atoms with Gasteiger partial charge in [-0.2, -0.15) is 5.21 Å². The number of aromatic amines is 1. The second-order valence-corrected chi connectivity index (χ2v) is 6.51. The van der Waals surface area contributed by atoms with Crippen LogP contribution in [0.1, 0.15) is 18.8 Å². The standard InChI is InChI=1S/C10H12BrN5O3S/c1-6(10-12-15-16-13-10)14-20(17,18)9-5-7(11)3-4-8(9)19-2/h3-6,14H,1-2H3,(H,12,13,15,16). The van der Waals surface area contributed by atoms with E-state index in [-0.39, 0.29) is 16.5 Å². The summed E-state index contributed by atoms with van der Waals surface area (Å²) in [4.78, 5) is 0.0321. The zero-order valence-electron chi connectivity index (χ0n) is 10.7. The Morgan fingerprint density at radius 1 is 1.45 bits per heavy atom. The smallest absolute Gasteiger partial charge is 0.244 e. The molecule has 2 N–H and O–H groups in total. The van der Waals surface area contributed by atoms with Crippen molar-refractivity contribution in [3.8, 4) is 5.75 Å². The van der Waals surface area contributed by atoms with Crippen molar-refractivity contribution in [2.45, 2.75) is 17.9 Å². The first-order valence-corrected chi connectivity index (χ1v) is 7.81. The molecule has 0 aliphatic heterocycles. The van der Waals surface area contributed by atoms with Crippen LogP contribution in [0.3, 0.4) is 0 Å². The van der Waals surface area contributed by atoms with E-state index in [0.717, 1.165) is 0 Å². The molecule has 0 aliphatic rings. The molecule has 0 saturated carbocycles. The Balaban J connectivity index is 2.33. The SMILES string of the molecule is COc1ccc(Br)cc1S(=O)(=O)NC(C)c1nn[nH]n1. The van der Waals surface area contributed by atoms with Crippen molar-refractivity contribution in [1.82, 2.24) is 25.3 Å². The fourth-order valence-electron chi connectivity index (χ4n) is 1.56. The lowest BCUT2D eigenvalue weighted by molar-refractivity contribution is 0.402. The van der Waals surface area contributed by atoms with Crippen LogP contribution in [0.25, 0.3) is 0 Å². The van der Waals surface area contributed by atoms with E-state index in [0.29, 0.717) is 4.47 Å². The van der Waals surface area contributed by atoms with E-state index in [4.69, 9.17) is 4.74 Å². The molecule has 2 aromatic rings. The van der Waals surface area contributed by atoms with Crippen molar-refractivity contribution >= 4 is 26.0 Å². The van der Waals surface area contributed by atoms with Gasteiger partial charge < -0.3 is 4.74 Å². The topological polar surface area (TPSA) is 110 Å². The van der Waals surface area contributed by atoms with Crippen LogP contribution in [0.2, 0.25) is 0 Å². The Morgan fingerprint density at radius 2 is 2.20 bits per heavy atom. The molecule has 0 saturated heterocycles. The van der Waals surface area contributed by atoms with Gasteiger partial charge in [0.2, 0.25) is 10.0 Å². The largest absolute Gasteiger partial charge is 0.495 e. The van der Waals surface area contributed by atoms with Gasteiger partial charge in [-0.25, -0.2) is 13.1 Å². The van der Waals surface area contributed by atoms with Crippen LogP contribution in [-0.4, -0.2) is 36.2 Å². The third-order valence-electron chi connectivity index (χ3n) is 2.50. The first-order chi connectivity index (χ1) is 9.44. The average molecular weight is 362 g/mol. The molecule has 108 valence electrons. The number of hydrogen-bond donors (Lipinski definition) is 2. The fraction of sp³-hybridized carbons (Fsp3) is 0.300. The lowest BCUT2D eigenvalue weighted by Gasteiger charge is -2.13. The van der Waals surface area contributed by atoms with Gasteiger partial charge in [0.1, 0.15) is 10.6 Å². The van der Waals surface area contributed by atoms with Crippen molar-refractivity contribution in [3.63, 3.8) is 0 Å². The number of hydrogen-bond acceptors (Lipinski definition) is 6. The highest BCUT2D eigenvalue weighted by molar-refractivity contribution is 9.10. The summed E-state index contributed by atoms with van der Waals surface area (Å²) in [5, 5.41) is 13.1. The highest BCUT2D eigenvalue weighted by Crippen LogP contribution is 2.28. The van der Waals surface area contributed by atoms with Gasteiger partial charge in [0.05, 0.1) is 13.2 Å². The average Bonchev–Trinajstić information content (AvgIpc) is 2.92. The molecule has 0 amide bonds. The van der Waals surface area contributed by atoms with Crippen LogP contribution in [0.4, 0.5) is 0 Å².